The van der Waals surface area contributed by atoms with Crippen LogP contribution < -0.4 is 4.72 Å². The number of hydrogen-bond donors (Lipinski definition) is 1. The van der Waals surface area contributed by atoms with Crippen molar-refractivity contribution < 1.29 is 13.2 Å². The highest BCUT2D eigenvalue weighted by Crippen LogP contribution is 2.33. The summed E-state index contributed by atoms with van der Waals surface area (Å²) in [5.74, 6) is 0.446. The lowest BCUT2D eigenvalue weighted by molar-refractivity contribution is -0.133. The third kappa shape index (κ3) is 3.86. The second-order valence-electron chi connectivity index (χ2n) is 7.37. The number of fused-ring (bicyclic) bond motifs is 1. The minimum absolute atomic E-state index is 0.208. The maximum Gasteiger partial charge on any atom is 0.261 e. The van der Waals surface area contributed by atoms with E-state index in [9.17, 15) is 13.2 Å². The molecule has 1 aliphatic heterocycles. The fourth-order valence-corrected chi connectivity index (χ4v) is 4.57. The van der Waals surface area contributed by atoms with Crippen LogP contribution in [0.15, 0.2) is 47.4 Å². The maximum atomic E-state index is 12.7. The van der Waals surface area contributed by atoms with E-state index in [2.05, 4.69) is 4.72 Å². The van der Waals surface area contributed by atoms with Gasteiger partial charge in [0.1, 0.15) is 0 Å². The predicted molar refractivity (Wildman–Crippen MR) is 105 cm³/mol. The average molecular weight is 385 g/mol. The van der Waals surface area contributed by atoms with Crippen LogP contribution in [0.25, 0.3) is 0 Å². The van der Waals surface area contributed by atoms with Crippen molar-refractivity contribution in [1.29, 1.82) is 0 Å². The molecule has 0 aromatic heterocycles. The van der Waals surface area contributed by atoms with Crippen molar-refractivity contribution in [2.24, 2.45) is 5.92 Å². The molecule has 0 unspecified atom stereocenters. The van der Waals surface area contributed by atoms with E-state index < -0.39 is 10.0 Å². The molecule has 5 nitrogen and oxygen atoms in total. The van der Waals surface area contributed by atoms with E-state index in [1.807, 2.05) is 36.1 Å². The minimum Gasteiger partial charge on any atom is -0.338 e. The molecule has 1 N–H and O–H groups in total. The number of sulfonamides is 1. The van der Waals surface area contributed by atoms with E-state index in [0.29, 0.717) is 12.2 Å². The molecule has 0 spiro atoms. The van der Waals surface area contributed by atoms with E-state index in [0.717, 1.165) is 43.4 Å². The van der Waals surface area contributed by atoms with Crippen LogP contribution in [0.1, 0.15) is 36.5 Å². The van der Waals surface area contributed by atoms with Crippen LogP contribution in [0.3, 0.4) is 0 Å². The fourth-order valence-electron chi connectivity index (χ4n) is 3.52. The molecule has 27 heavy (non-hydrogen) atoms. The van der Waals surface area contributed by atoms with Crippen molar-refractivity contribution in [3.63, 3.8) is 0 Å². The Balaban J connectivity index is 1.52. The van der Waals surface area contributed by atoms with Gasteiger partial charge in [0.25, 0.3) is 10.0 Å². The van der Waals surface area contributed by atoms with Gasteiger partial charge in [-0.15, -0.1) is 0 Å². The van der Waals surface area contributed by atoms with Gasteiger partial charge in [-0.2, -0.15) is 0 Å². The molecule has 1 aliphatic carbocycles. The Morgan fingerprint density at radius 2 is 1.85 bits per heavy atom. The van der Waals surface area contributed by atoms with Crippen LogP contribution in [-0.2, 0) is 34.2 Å². The number of anilines is 1. The molecule has 142 valence electrons. The Morgan fingerprint density at radius 3 is 2.52 bits per heavy atom. The van der Waals surface area contributed by atoms with Gasteiger partial charge in [0, 0.05) is 24.7 Å². The summed E-state index contributed by atoms with van der Waals surface area (Å²) in [4.78, 5) is 14.5. The molecule has 0 radical (unpaired) electrons. The Morgan fingerprint density at radius 1 is 1.11 bits per heavy atom. The summed E-state index contributed by atoms with van der Waals surface area (Å²) >= 11 is 0. The third-order valence-electron chi connectivity index (χ3n) is 5.35. The topological polar surface area (TPSA) is 66.5 Å². The minimum atomic E-state index is -3.63. The van der Waals surface area contributed by atoms with Crippen molar-refractivity contribution in [2.45, 2.75) is 44.0 Å². The lowest BCUT2D eigenvalue weighted by atomic mass is 9.99. The van der Waals surface area contributed by atoms with E-state index >= 15 is 0 Å². The highest BCUT2D eigenvalue weighted by Gasteiger charge is 2.34. The lowest BCUT2D eigenvalue weighted by Crippen LogP contribution is -2.36. The first kappa shape index (κ1) is 18.0. The maximum absolute atomic E-state index is 12.7. The number of carbonyl (C=O) groups is 1. The van der Waals surface area contributed by atoms with Gasteiger partial charge in [-0.1, -0.05) is 25.1 Å². The van der Waals surface area contributed by atoms with Gasteiger partial charge >= 0.3 is 0 Å². The standard InChI is InChI=1S/C21H24N2O3S/c1-2-15-3-9-20(10-4-15)27(25,26)22-19-8-7-16-11-12-23(14-18(16)13-19)21(24)17-5-6-17/h3-4,7-10,13,17,22H,2,5-6,11-12,14H2,1H3. The summed E-state index contributed by atoms with van der Waals surface area (Å²) in [6.07, 6.45) is 3.69. The fraction of sp³-hybridized carbons (Fsp3) is 0.381. The average Bonchev–Trinajstić information content (AvgIpc) is 3.52. The van der Waals surface area contributed by atoms with Crippen molar-refractivity contribution in [3.8, 4) is 0 Å². The Bertz CT molecular complexity index is 963. The molecular weight excluding hydrogens is 360 g/mol. The zero-order valence-electron chi connectivity index (χ0n) is 15.4. The number of rotatable bonds is 5. The van der Waals surface area contributed by atoms with Crippen molar-refractivity contribution >= 4 is 21.6 Å². The van der Waals surface area contributed by atoms with Gasteiger partial charge in [-0.25, -0.2) is 8.42 Å². The largest absolute Gasteiger partial charge is 0.338 e. The molecule has 2 aromatic rings. The van der Waals surface area contributed by atoms with E-state index in [1.165, 1.54) is 5.56 Å². The Hall–Kier alpha value is -2.34. The SMILES string of the molecule is CCc1ccc(S(=O)(=O)Nc2ccc3c(c2)CN(C(=O)C2CC2)CC3)cc1. The molecule has 2 aliphatic rings. The molecule has 6 heteroatoms. The zero-order chi connectivity index (χ0) is 19.0. The Kier molecular flexibility index (Phi) is 4.68. The molecule has 1 fully saturated rings. The number of nitrogens with zero attached hydrogens (tertiary/aromatic N) is 1. The zero-order valence-corrected chi connectivity index (χ0v) is 16.3. The highest BCUT2D eigenvalue weighted by atomic mass is 32.2. The molecular formula is C21H24N2O3S. The summed E-state index contributed by atoms with van der Waals surface area (Å²) < 4.78 is 28.0. The molecule has 0 saturated heterocycles. The predicted octanol–water partition coefficient (Wildman–Crippen LogP) is 3.34. The summed E-state index contributed by atoms with van der Waals surface area (Å²) in [6.45, 7) is 3.34. The van der Waals surface area contributed by atoms with Gasteiger partial charge in [-0.05, 0) is 66.6 Å². The van der Waals surface area contributed by atoms with Crippen LogP contribution >= 0.6 is 0 Å². The summed E-state index contributed by atoms with van der Waals surface area (Å²) in [5.41, 5.74) is 3.85. The first-order chi connectivity index (χ1) is 13.0. The summed E-state index contributed by atoms with van der Waals surface area (Å²) in [5, 5.41) is 0. The van der Waals surface area contributed by atoms with Crippen LogP contribution in [0.4, 0.5) is 5.69 Å². The lowest BCUT2D eigenvalue weighted by Gasteiger charge is -2.29. The molecule has 0 bridgehead atoms. The van der Waals surface area contributed by atoms with Crippen LogP contribution in [0, 0.1) is 5.92 Å². The quantitative estimate of drug-likeness (QED) is 0.860. The molecule has 1 heterocycles. The molecule has 1 amide bonds. The van der Waals surface area contributed by atoms with Gasteiger partial charge < -0.3 is 4.90 Å². The second kappa shape index (κ2) is 7.00. The van der Waals surface area contributed by atoms with Crippen LogP contribution in [0.2, 0.25) is 0 Å². The Labute approximate surface area is 160 Å². The number of hydrogen-bond acceptors (Lipinski definition) is 3. The number of carbonyl (C=O) groups excluding carboxylic acids is 1. The summed E-state index contributed by atoms with van der Waals surface area (Å²) in [6, 6.07) is 12.6. The first-order valence-electron chi connectivity index (χ1n) is 9.48. The molecule has 4 rings (SSSR count). The highest BCUT2D eigenvalue weighted by molar-refractivity contribution is 7.92. The van der Waals surface area contributed by atoms with Crippen molar-refractivity contribution in [2.75, 3.05) is 11.3 Å². The monoisotopic (exact) mass is 384 g/mol. The summed E-state index contributed by atoms with van der Waals surface area (Å²) in [7, 11) is -3.63. The number of benzene rings is 2. The molecule has 2 aromatic carbocycles. The second-order valence-corrected chi connectivity index (χ2v) is 9.05. The van der Waals surface area contributed by atoms with E-state index in [1.54, 1.807) is 18.2 Å². The van der Waals surface area contributed by atoms with Gasteiger partial charge in [0.05, 0.1) is 4.90 Å². The van der Waals surface area contributed by atoms with Gasteiger partial charge in [0.2, 0.25) is 5.91 Å². The first-order valence-corrected chi connectivity index (χ1v) is 11.0. The van der Waals surface area contributed by atoms with E-state index in [-0.39, 0.29) is 16.7 Å². The molecule has 0 atom stereocenters. The van der Waals surface area contributed by atoms with Crippen LogP contribution in [-0.4, -0.2) is 25.8 Å². The smallest absolute Gasteiger partial charge is 0.261 e. The van der Waals surface area contributed by atoms with Crippen molar-refractivity contribution in [3.05, 3.63) is 59.2 Å². The van der Waals surface area contributed by atoms with Crippen molar-refractivity contribution in [1.82, 2.24) is 4.90 Å². The number of amides is 1. The number of nitrogens with one attached hydrogen (secondary N) is 1. The molecule has 1 saturated carbocycles. The normalized spacial score (nSPS) is 16.7. The van der Waals surface area contributed by atoms with Crippen LogP contribution in [0.5, 0.6) is 0 Å². The van der Waals surface area contributed by atoms with Gasteiger partial charge in [-0.3, -0.25) is 9.52 Å². The van der Waals surface area contributed by atoms with E-state index in [4.69, 9.17) is 0 Å². The third-order valence-corrected chi connectivity index (χ3v) is 6.75. The van der Waals surface area contributed by atoms with Gasteiger partial charge in [0.15, 0.2) is 0 Å². The number of aryl methyl sites for hydroxylation is 1.